The molecule has 1 unspecified atom stereocenters. The van der Waals surface area contributed by atoms with Crippen LogP contribution in [-0.2, 0) is 11.3 Å². The van der Waals surface area contributed by atoms with Crippen LogP contribution in [0.1, 0.15) is 18.4 Å². The largest absolute Gasteiger partial charge is 0.453 e. The molecule has 1 N–H and O–H groups in total. The molecule has 3 nitrogen and oxygen atoms in total. The lowest BCUT2D eigenvalue weighted by Gasteiger charge is -2.09. The summed E-state index contributed by atoms with van der Waals surface area (Å²) >= 11 is 5.80. The number of ether oxygens (including phenoxy) is 1. The summed E-state index contributed by atoms with van der Waals surface area (Å²) in [5.74, 6) is 0. The maximum atomic E-state index is 5.80. The molecule has 4 heteroatoms. The third-order valence-corrected chi connectivity index (χ3v) is 2.74. The fourth-order valence-corrected chi connectivity index (χ4v) is 1.80. The molecule has 1 saturated heterocycles. The Morgan fingerprint density at radius 3 is 3.14 bits per heavy atom. The highest BCUT2D eigenvalue weighted by molar-refractivity contribution is 6.29. The molecule has 0 aromatic carbocycles. The lowest BCUT2D eigenvalue weighted by molar-refractivity contribution is 0.110. The van der Waals surface area contributed by atoms with Crippen molar-refractivity contribution in [2.75, 3.05) is 13.2 Å². The lowest BCUT2D eigenvalue weighted by Crippen LogP contribution is -2.25. The van der Waals surface area contributed by atoms with E-state index < -0.39 is 0 Å². The fourth-order valence-electron chi connectivity index (χ4n) is 1.62. The van der Waals surface area contributed by atoms with Crippen molar-refractivity contribution in [1.82, 2.24) is 5.32 Å². The summed E-state index contributed by atoms with van der Waals surface area (Å²) in [6.07, 6.45) is 4.32. The average molecular weight is 216 g/mol. The van der Waals surface area contributed by atoms with E-state index in [2.05, 4.69) is 5.32 Å². The Kier molecular flexibility index (Phi) is 3.45. The van der Waals surface area contributed by atoms with Crippen LogP contribution >= 0.6 is 11.6 Å². The van der Waals surface area contributed by atoms with E-state index in [0.717, 1.165) is 31.7 Å². The molecule has 0 radical (unpaired) electrons. The first kappa shape index (κ1) is 10.0. The van der Waals surface area contributed by atoms with Gasteiger partial charge in [0.15, 0.2) is 5.22 Å². The predicted molar refractivity (Wildman–Crippen MR) is 54.4 cm³/mol. The molecule has 0 aliphatic carbocycles. The highest BCUT2D eigenvalue weighted by Crippen LogP contribution is 2.16. The van der Waals surface area contributed by atoms with Crippen LogP contribution in [0.4, 0.5) is 0 Å². The van der Waals surface area contributed by atoms with Gasteiger partial charge in [-0.2, -0.15) is 0 Å². The van der Waals surface area contributed by atoms with Crippen molar-refractivity contribution in [1.29, 1.82) is 0 Å². The van der Waals surface area contributed by atoms with Gasteiger partial charge in [-0.05, 0) is 30.5 Å². The monoisotopic (exact) mass is 215 g/mol. The van der Waals surface area contributed by atoms with Crippen molar-refractivity contribution >= 4 is 11.6 Å². The van der Waals surface area contributed by atoms with Gasteiger partial charge in [0.05, 0.1) is 12.4 Å². The van der Waals surface area contributed by atoms with Gasteiger partial charge in [0.2, 0.25) is 0 Å². The summed E-state index contributed by atoms with van der Waals surface area (Å²) in [5, 5.41) is 3.78. The van der Waals surface area contributed by atoms with Gasteiger partial charge in [-0.15, -0.1) is 0 Å². The molecule has 2 rings (SSSR count). The molecule has 0 spiro atoms. The molecule has 0 amide bonds. The van der Waals surface area contributed by atoms with E-state index in [9.17, 15) is 0 Å². The maximum Gasteiger partial charge on any atom is 0.197 e. The number of nitrogens with one attached hydrogen (secondary N) is 1. The van der Waals surface area contributed by atoms with Gasteiger partial charge in [0.1, 0.15) is 0 Å². The van der Waals surface area contributed by atoms with Crippen LogP contribution in [0, 0.1) is 0 Å². The van der Waals surface area contributed by atoms with E-state index in [4.69, 9.17) is 20.8 Å². The topological polar surface area (TPSA) is 34.4 Å². The molecule has 1 atom stereocenters. The Labute approximate surface area is 88.4 Å². The van der Waals surface area contributed by atoms with Gasteiger partial charge in [-0.3, -0.25) is 0 Å². The minimum absolute atomic E-state index is 0.376. The van der Waals surface area contributed by atoms with Gasteiger partial charge in [-0.1, -0.05) is 0 Å². The van der Waals surface area contributed by atoms with Crippen molar-refractivity contribution in [3.63, 3.8) is 0 Å². The zero-order chi connectivity index (χ0) is 9.80. The van der Waals surface area contributed by atoms with Gasteiger partial charge in [0, 0.05) is 25.3 Å². The van der Waals surface area contributed by atoms with E-state index in [1.165, 1.54) is 6.42 Å². The van der Waals surface area contributed by atoms with Crippen LogP contribution in [0.25, 0.3) is 0 Å². The zero-order valence-corrected chi connectivity index (χ0v) is 8.72. The zero-order valence-electron chi connectivity index (χ0n) is 7.96. The highest BCUT2D eigenvalue weighted by Gasteiger charge is 2.14. The predicted octanol–water partition coefficient (Wildman–Crippen LogP) is 2.20. The third kappa shape index (κ3) is 2.50. The Morgan fingerprint density at radius 1 is 1.57 bits per heavy atom. The highest BCUT2D eigenvalue weighted by atomic mass is 35.5. The molecule has 1 fully saturated rings. The summed E-state index contributed by atoms with van der Waals surface area (Å²) in [7, 11) is 0. The van der Waals surface area contributed by atoms with Crippen LogP contribution in [0.5, 0.6) is 0 Å². The Morgan fingerprint density at radius 2 is 2.50 bits per heavy atom. The average Bonchev–Trinajstić information content (AvgIpc) is 2.78. The Balaban J connectivity index is 1.70. The molecule has 1 aromatic rings. The van der Waals surface area contributed by atoms with E-state index in [1.807, 2.05) is 6.07 Å². The minimum Gasteiger partial charge on any atom is -0.453 e. The number of hydrogen-bond donors (Lipinski definition) is 1. The standard InChI is InChI=1S/C10H14ClNO2/c11-10-8(3-5-14-10)6-12-7-9-2-1-4-13-9/h3,5,9,12H,1-2,4,6-7H2. The fraction of sp³-hybridized carbons (Fsp3) is 0.600. The summed E-state index contributed by atoms with van der Waals surface area (Å²) < 4.78 is 10.5. The first-order valence-electron chi connectivity index (χ1n) is 4.90. The second kappa shape index (κ2) is 4.82. The minimum atomic E-state index is 0.376. The molecule has 14 heavy (non-hydrogen) atoms. The summed E-state index contributed by atoms with van der Waals surface area (Å²) in [4.78, 5) is 0. The number of furan rings is 1. The van der Waals surface area contributed by atoms with Crippen molar-refractivity contribution in [3.8, 4) is 0 Å². The molecule has 0 saturated carbocycles. The number of rotatable bonds is 4. The van der Waals surface area contributed by atoms with Gasteiger partial charge < -0.3 is 14.5 Å². The van der Waals surface area contributed by atoms with Crippen molar-refractivity contribution < 1.29 is 9.15 Å². The lowest BCUT2D eigenvalue weighted by atomic mass is 10.2. The quantitative estimate of drug-likeness (QED) is 0.836. The van der Waals surface area contributed by atoms with E-state index in [1.54, 1.807) is 6.26 Å². The second-order valence-electron chi connectivity index (χ2n) is 3.49. The van der Waals surface area contributed by atoms with Gasteiger partial charge in [0.25, 0.3) is 0 Å². The van der Waals surface area contributed by atoms with Crippen LogP contribution < -0.4 is 5.32 Å². The van der Waals surface area contributed by atoms with Gasteiger partial charge in [-0.25, -0.2) is 0 Å². The molecule has 2 heterocycles. The molecular formula is C10H14ClNO2. The summed E-state index contributed by atoms with van der Waals surface area (Å²) in [6, 6.07) is 1.88. The molecule has 1 aromatic heterocycles. The van der Waals surface area contributed by atoms with E-state index in [-0.39, 0.29) is 0 Å². The van der Waals surface area contributed by atoms with E-state index in [0.29, 0.717) is 11.3 Å². The molecule has 1 aliphatic rings. The Bertz CT molecular complexity index is 281. The molecule has 1 aliphatic heterocycles. The van der Waals surface area contributed by atoms with Crippen molar-refractivity contribution in [2.24, 2.45) is 0 Å². The van der Waals surface area contributed by atoms with Crippen molar-refractivity contribution in [2.45, 2.75) is 25.5 Å². The van der Waals surface area contributed by atoms with Crippen LogP contribution in [0.2, 0.25) is 5.22 Å². The molecular weight excluding hydrogens is 202 g/mol. The van der Waals surface area contributed by atoms with E-state index >= 15 is 0 Å². The third-order valence-electron chi connectivity index (χ3n) is 2.40. The number of hydrogen-bond acceptors (Lipinski definition) is 3. The smallest absolute Gasteiger partial charge is 0.197 e. The van der Waals surface area contributed by atoms with Gasteiger partial charge >= 0.3 is 0 Å². The van der Waals surface area contributed by atoms with Crippen LogP contribution in [0.3, 0.4) is 0 Å². The van der Waals surface area contributed by atoms with Crippen LogP contribution in [-0.4, -0.2) is 19.3 Å². The molecule has 78 valence electrons. The summed E-state index contributed by atoms with van der Waals surface area (Å²) in [5.41, 5.74) is 1.00. The first-order valence-corrected chi connectivity index (χ1v) is 5.28. The normalized spacial score (nSPS) is 21.6. The SMILES string of the molecule is Clc1occc1CNCC1CCCO1. The van der Waals surface area contributed by atoms with Crippen LogP contribution in [0.15, 0.2) is 16.7 Å². The first-order chi connectivity index (χ1) is 6.86. The second-order valence-corrected chi connectivity index (χ2v) is 3.83. The maximum absolute atomic E-state index is 5.80. The number of halogens is 1. The van der Waals surface area contributed by atoms with Crippen molar-refractivity contribution in [3.05, 3.63) is 23.1 Å². The molecule has 0 bridgehead atoms. The summed E-state index contributed by atoms with van der Waals surface area (Å²) in [6.45, 7) is 2.54. The Hall–Kier alpha value is -0.510.